The maximum Gasteiger partial charge on any atom is 0.0589 e. The summed E-state index contributed by atoms with van der Waals surface area (Å²) < 4.78 is 5.80. The highest BCUT2D eigenvalue weighted by molar-refractivity contribution is 4.78. The predicted molar refractivity (Wildman–Crippen MR) is 72.2 cm³/mol. The number of hydrogen-bond donors (Lipinski definition) is 1. The fourth-order valence-corrected chi connectivity index (χ4v) is 3.31. The first-order valence-corrected chi connectivity index (χ1v) is 7.73. The van der Waals surface area contributed by atoms with Crippen molar-refractivity contribution in [1.29, 1.82) is 0 Å². The van der Waals surface area contributed by atoms with Crippen molar-refractivity contribution < 1.29 is 4.74 Å². The van der Waals surface area contributed by atoms with Gasteiger partial charge in [-0.05, 0) is 44.6 Å². The van der Waals surface area contributed by atoms with Crippen LogP contribution in [0.25, 0.3) is 0 Å². The molecule has 2 aliphatic rings. The van der Waals surface area contributed by atoms with Gasteiger partial charge in [-0.25, -0.2) is 0 Å². The van der Waals surface area contributed by atoms with Crippen LogP contribution in [0.2, 0.25) is 0 Å². The van der Waals surface area contributed by atoms with Gasteiger partial charge in [0.15, 0.2) is 0 Å². The molecule has 0 radical (unpaired) electrons. The van der Waals surface area contributed by atoms with Gasteiger partial charge in [-0.3, -0.25) is 0 Å². The van der Waals surface area contributed by atoms with Gasteiger partial charge in [0.05, 0.1) is 6.10 Å². The normalized spacial score (nSPS) is 31.6. The van der Waals surface area contributed by atoms with Gasteiger partial charge < -0.3 is 10.1 Å². The minimum Gasteiger partial charge on any atom is -0.378 e. The van der Waals surface area contributed by atoms with Crippen LogP contribution in [0.5, 0.6) is 0 Å². The monoisotopic (exact) mass is 239 g/mol. The fraction of sp³-hybridized carbons (Fsp3) is 1.00. The summed E-state index contributed by atoms with van der Waals surface area (Å²) in [5.74, 6) is 0.955. The molecule has 17 heavy (non-hydrogen) atoms. The molecule has 0 aromatic heterocycles. The second kappa shape index (κ2) is 7.38. The summed E-state index contributed by atoms with van der Waals surface area (Å²) in [5.41, 5.74) is 0. The third-order valence-corrected chi connectivity index (χ3v) is 4.40. The van der Waals surface area contributed by atoms with Crippen molar-refractivity contribution in [2.45, 2.75) is 76.9 Å². The van der Waals surface area contributed by atoms with Gasteiger partial charge in [0.25, 0.3) is 0 Å². The van der Waals surface area contributed by atoms with Gasteiger partial charge in [-0.2, -0.15) is 0 Å². The average Bonchev–Trinajstić information content (AvgIpc) is 2.39. The standard InChI is InChI=1S/C15H29NO/c1-2-6-15-11-14(9-10-17-15)16-12-13-7-4-3-5-8-13/h13-16H,2-12H2,1H3. The van der Waals surface area contributed by atoms with E-state index in [1.54, 1.807) is 0 Å². The summed E-state index contributed by atoms with van der Waals surface area (Å²) in [6, 6.07) is 0.724. The van der Waals surface area contributed by atoms with E-state index in [9.17, 15) is 0 Å². The molecule has 0 aromatic carbocycles. The number of ether oxygens (including phenoxy) is 1. The van der Waals surface area contributed by atoms with Crippen molar-refractivity contribution in [1.82, 2.24) is 5.32 Å². The van der Waals surface area contributed by atoms with Crippen molar-refractivity contribution in [3.8, 4) is 0 Å². The smallest absolute Gasteiger partial charge is 0.0589 e. The van der Waals surface area contributed by atoms with E-state index in [4.69, 9.17) is 4.74 Å². The lowest BCUT2D eigenvalue weighted by molar-refractivity contribution is -0.00390. The molecule has 1 N–H and O–H groups in total. The molecule has 1 saturated carbocycles. The van der Waals surface area contributed by atoms with E-state index in [1.165, 1.54) is 64.3 Å². The van der Waals surface area contributed by atoms with Crippen LogP contribution >= 0.6 is 0 Å². The Labute approximate surface area is 107 Å². The van der Waals surface area contributed by atoms with Crippen LogP contribution < -0.4 is 5.32 Å². The Hall–Kier alpha value is -0.0800. The molecule has 1 aliphatic carbocycles. The zero-order valence-electron chi connectivity index (χ0n) is 11.4. The van der Waals surface area contributed by atoms with E-state index in [0.717, 1.165) is 18.6 Å². The highest BCUT2D eigenvalue weighted by Gasteiger charge is 2.22. The molecule has 2 nitrogen and oxygen atoms in total. The maximum atomic E-state index is 5.80. The first kappa shape index (κ1) is 13.4. The molecule has 2 rings (SSSR count). The second-order valence-corrected chi connectivity index (χ2v) is 5.92. The van der Waals surface area contributed by atoms with Crippen molar-refractivity contribution >= 4 is 0 Å². The van der Waals surface area contributed by atoms with Gasteiger partial charge in [0.2, 0.25) is 0 Å². The summed E-state index contributed by atoms with van der Waals surface area (Å²) in [4.78, 5) is 0. The van der Waals surface area contributed by atoms with Gasteiger partial charge in [-0.1, -0.05) is 32.6 Å². The zero-order valence-corrected chi connectivity index (χ0v) is 11.4. The lowest BCUT2D eigenvalue weighted by atomic mass is 9.89. The van der Waals surface area contributed by atoms with E-state index in [2.05, 4.69) is 12.2 Å². The van der Waals surface area contributed by atoms with Gasteiger partial charge in [0, 0.05) is 12.6 Å². The minimum absolute atomic E-state index is 0.526. The van der Waals surface area contributed by atoms with Crippen LogP contribution in [0.1, 0.15) is 64.7 Å². The molecule has 100 valence electrons. The van der Waals surface area contributed by atoms with Crippen molar-refractivity contribution in [3.05, 3.63) is 0 Å². The molecule has 2 heteroatoms. The van der Waals surface area contributed by atoms with Crippen molar-refractivity contribution in [2.75, 3.05) is 13.2 Å². The molecule has 1 heterocycles. The molecule has 2 unspecified atom stereocenters. The highest BCUT2D eigenvalue weighted by Crippen LogP contribution is 2.24. The fourth-order valence-electron chi connectivity index (χ4n) is 3.31. The van der Waals surface area contributed by atoms with E-state index in [-0.39, 0.29) is 0 Å². The first-order chi connectivity index (χ1) is 8.38. The molecule has 2 atom stereocenters. The highest BCUT2D eigenvalue weighted by atomic mass is 16.5. The zero-order chi connectivity index (χ0) is 11.9. The van der Waals surface area contributed by atoms with Gasteiger partial charge >= 0.3 is 0 Å². The topological polar surface area (TPSA) is 21.3 Å². The Morgan fingerprint density at radius 3 is 2.71 bits per heavy atom. The van der Waals surface area contributed by atoms with Crippen LogP contribution in [0.4, 0.5) is 0 Å². The van der Waals surface area contributed by atoms with Crippen molar-refractivity contribution in [3.63, 3.8) is 0 Å². The maximum absolute atomic E-state index is 5.80. The molecule has 0 aromatic rings. The Balaban J connectivity index is 1.64. The summed E-state index contributed by atoms with van der Waals surface area (Å²) in [6.07, 6.45) is 12.7. The number of rotatable bonds is 5. The Morgan fingerprint density at radius 2 is 1.94 bits per heavy atom. The number of hydrogen-bond acceptors (Lipinski definition) is 2. The molecule has 0 amide bonds. The second-order valence-electron chi connectivity index (χ2n) is 5.92. The Bertz CT molecular complexity index is 199. The average molecular weight is 239 g/mol. The van der Waals surface area contributed by atoms with Crippen LogP contribution in [-0.2, 0) is 4.74 Å². The van der Waals surface area contributed by atoms with Gasteiger partial charge in [0.1, 0.15) is 0 Å². The van der Waals surface area contributed by atoms with E-state index >= 15 is 0 Å². The SMILES string of the molecule is CCCC1CC(NCC2CCCCC2)CCO1. The molecule has 0 bridgehead atoms. The van der Waals surface area contributed by atoms with Crippen LogP contribution in [-0.4, -0.2) is 25.3 Å². The predicted octanol–water partition coefficient (Wildman–Crippen LogP) is 3.50. The molecule has 0 spiro atoms. The number of nitrogens with one attached hydrogen (secondary N) is 1. The van der Waals surface area contributed by atoms with Crippen LogP contribution in [0.3, 0.4) is 0 Å². The third-order valence-electron chi connectivity index (χ3n) is 4.40. The summed E-state index contributed by atoms with van der Waals surface area (Å²) >= 11 is 0. The van der Waals surface area contributed by atoms with Crippen LogP contribution in [0.15, 0.2) is 0 Å². The molecule has 1 aliphatic heterocycles. The molecular formula is C15H29NO. The largest absolute Gasteiger partial charge is 0.378 e. The Kier molecular flexibility index (Phi) is 5.79. The molecule has 1 saturated heterocycles. The lowest BCUT2D eigenvalue weighted by Crippen LogP contribution is -2.41. The lowest BCUT2D eigenvalue weighted by Gasteiger charge is -2.32. The first-order valence-electron chi connectivity index (χ1n) is 7.73. The van der Waals surface area contributed by atoms with E-state index < -0.39 is 0 Å². The van der Waals surface area contributed by atoms with E-state index in [0.29, 0.717) is 6.10 Å². The Morgan fingerprint density at radius 1 is 1.12 bits per heavy atom. The van der Waals surface area contributed by atoms with E-state index in [1.807, 2.05) is 0 Å². The van der Waals surface area contributed by atoms with Crippen molar-refractivity contribution in [2.24, 2.45) is 5.92 Å². The summed E-state index contributed by atoms with van der Waals surface area (Å²) in [5, 5.41) is 3.80. The summed E-state index contributed by atoms with van der Waals surface area (Å²) in [6.45, 7) is 4.47. The minimum atomic E-state index is 0.526. The van der Waals surface area contributed by atoms with Crippen LogP contribution in [0, 0.1) is 5.92 Å². The third kappa shape index (κ3) is 4.59. The quantitative estimate of drug-likeness (QED) is 0.793. The molecular weight excluding hydrogens is 210 g/mol. The summed E-state index contributed by atoms with van der Waals surface area (Å²) in [7, 11) is 0. The van der Waals surface area contributed by atoms with Gasteiger partial charge in [-0.15, -0.1) is 0 Å². The molecule has 2 fully saturated rings.